The van der Waals surface area contributed by atoms with Crippen LogP contribution in [-0.2, 0) is 4.79 Å². The number of hydrogen-bond donors (Lipinski definition) is 1. The summed E-state index contributed by atoms with van der Waals surface area (Å²) in [6, 6.07) is 0. The molecule has 1 aliphatic rings. The van der Waals surface area contributed by atoms with E-state index in [2.05, 4.69) is 0 Å². The van der Waals surface area contributed by atoms with Gasteiger partial charge < -0.3 is 5.11 Å². The maximum absolute atomic E-state index is 12.3. The van der Waals surface area contributed by atoms with E-state index < -0.39 is 5.97 Å². The molecule has 2 nitrogen and oxygen atoms in total. The van der Waals surface area contributed by atoms with E-state index in [9.17, 15) is 9.18 Å². The summed E-state index contributed by atoms with van der Waals surface area (Å²) in [5.41, 5.74) is 0. The minimum absolute atomic E-state index is 0.106. The summed E-state index contributed by atoms with van der Waals surface area (Å²) >= 11 is 0. The summed E-state index contributed by atoms with van der Waals surface area (Å²) < 4.78 is 12.3. The second-order valence-corrected chi connectivity index (χ2v) is 4.08. The third-order valence-electron chi connectivity index (χ3n) is 3.17. The number of carbonyl (C=O) groups is 1. The lowest BCUT2D eigenvalue weighted by molar-refractivity contribution is -0.143. The van der Waals surface area contributed by atoms with Crippen molar-refractivity contribution in [1.82, 2.24) is 0 Å². The van der Waals surface area contributed by atoms with Crippen LogP contribution in [0.3, 0.4) is 0 Å². The number of carboxylic acids is 1. The zero-order chi connectivity index (χ0) is 9.84. The number of carboxylic acid groups (broad SMARTS) is 1. The lowest BCUT2D eigenvalue weighted by atomic mass is 9.77. The van der Waals surface area contributed by atoms with Gasteiger partial charge in [-0.3, -0.25) is 9.18 Å². The Balaban J connectivity index is 2.34. The van der Waals surface area contributed by atoms with E-state index in [-0.39, 0.29) is 18.5 Å². The molecule has 0 spiro atoms. The third kappa shape index (κ3) is 2.68. The van der Waals surface area contributed by atoms with Gasteiger partial charge in [0.15, 0.2) is 0 Å². The zero-order valence-corrected chi connectivity index (χ0v) is 8.00. The molecule has 13 heavy (non-hydrogen) atoms. The van der Waals surface area contributed by atoms with Crippen molar-refractivity contribution in [2.75, 3.05) is 6.67 Å². The van der Waals surface area contributed by atoms with Gasteiger partial charge >= 0.3 is 5.97 Å². The lowest BCUT2D eigenvalue weighted by Gasteiger charge is -2.29. The molecule has 1 unspecified atom stereocenters. The lowest BCUT2D eigenvalue weighted by Crippen LogP contribution is -2.25. The van der Waals surface area contributed by atoms with Crippen LogP contribution in [0, 0.1) is 17.8 Å². The molecule has 1 saturated carbocycles. The fourth-order valence-electron chi connectivity index (χ4n) is 2.06. The Kier molecular flexibility index (Phi) is 3.70. The van der Waals surface area contributed by atoms with Crippen LogP contribution in [0.4, 0.5) is 4.39 Å². The van der Waals surface area contributed by atoms with Gasteiger partial charge in [-0.2, -0.15) is 0 Å². The Labute approximate surface area is 78.1 Å². The van der Waals surface area contributed by atoms with E-state index in [0.29, 0.717) is 5.92 Å². The fraction of sp³-hybridized carbons (Fsp3) is 0.900. The summed E-state index contributed by atoms with van der Waals surface area (Å²) in [4.78, 5) is 10.6. The standard InChI is InChI=1S/C10H17FO2/c1-7(6-11)8-2-4-9(5-3-8)10(12)13/h7-9H,2-6H2,1H3,(H,12,13)/t7?,8-,9-. The van der Waals surface area contributed by atoms with E-state index in [4.69, 9.17) is 5.11 Å². The molecule has 1 N–H and O–H groups in total. The number of alkyl halides is 1. The highest BCUT2D eigenvalue weighted by molar-refractivity contribution is 5.69. The van der Waals surface area contributed by atoms with Crippen LogP contribution in [-0.4, -0.2) is 17.8 Å². The summed E-state index contributed by atoms with van der Waals surface area (Å²) in [7, 11) is 0. The average molecular weight is 188 g/mol. The van der Waals surface area contributed by atoms with Gasteiger partial charge in [-0.15, -0.1) is 0 Å². The SMILES string of the molecule is CC(CF)[C@H]1CC[C@H](C(=O)O)CC1. The van der Waals surface area contributed by atoms with Crippen LogP contribution in [0.2, 0.25) is 0 Å². The molecule has 0 aliphatic heterocycles. The van der Waals surface area contributed by atoms with E-state index in [1.165, 1.54) is 0 Å². The van der Waals surface area contributed by atoms with E-state index in [1.807, 2.05) is 6.92 Å². The quantitative estimate of drug-likeness (QED) is 0.738. The molecule has 1 aliphatic carbocycles. The maximum Gasteiger partial charge on any atom is 0.306 e. The van der Waals surface area contributed by atoms with Crippen molar-refractivity contribution in [3.63, 3.8) is 0 Å². The molecule has 0 amide bonds. The number of hydrogen-bond acceptors (Lipinski definition) is 1. The molecular weight excluding hydrogens is 171 g/mol. The molecule has 1 fully saturated rings. The average Bonchev–Trinajstić information content (AvgIpc) is 2.17. The molecule has 1 rings (SSSR count). The minimum Gasteiger partial charge on any atom is -0.481 e. The Morgan fingerprint density at radius 3 is 2.38 bits per heavy atom. The molecule has 0 aromatic carbocycles. The first kappa shape index (κ1) is 10.5. The second-order valence-electron chi connectivity index (χ2n) is 4.08. The smallest absolute Gasteiger partial charge is 0.306 e. The van der Waals surface area contributed by atoms with Crippen molar-refractivity contribution in [3.05, 3.63) is 0 Å². The predicted octanol–water partition coefficient (Wildman–Crippen LogP) is 2.48. The molecule has 0 aromatic rings. The molecule has 1 atom stereocenters. The molecule has 3 heteroatoms. The van der Waals surface area contributed by atoms with Crippen LogP contribution >= 0.6 is 0 Å². The zero-order valence-electron chi connectivity index (χ0n) is 8.00. The largest absolute Gasteiger partial charge is 0.481 e. The highest BCUT2D eigenvalue weighted by Gasteiger charge is 2.28. The van der Waals surface area contributed by atoms with Crippen molar-refractivity contribution in [2.24, 2.45) is 17.8 Å². The van der Waals surface area contributed by atoms with Crippen LogP contribution in [0.25, 0.3) is 0 Å². The van der Waals surface area contributed by atoms with Gasteiger partial charge in [-0.25, -0.2) is 0 Å². The van der Waals surface area contributed by atoms with Crippen LogP contribution < -0.4 is 0 Å². The summed E-state index contributed by atoms with van der Waals surface area (Å²) in [6.45, 7) is 1.63. The molecule has 0 heterocycles. The van der Waals surface area contributed by atoms with Crippen LogP contribution in [0.1, 0.15) is 32.6 Å². The van der Waals surface area contributed by atoms with Crippen molar-refractivity contribution < 1.29 is 14.3 Å². The normalized spacial score (nSPS) is 31.2. The Hall–Kier alpha value is -0.600. The van der Waals surface area contributed by atoms with Crippen LogP contribution in [0.15, 0.2) is 0 Å². The van der Waals surface area contributed by atoms with Gasteiger partial charge in [0, 0.05) is 0 Å². The second kappa shape index (κ2) is 4.58. The first-order valence-corrected chi connectivity index (χ1v) is 4.94. The number of halogens is 1. The van der Waals surface area contributed by atoms with Crippen molar-refractivity contribution in [1.29, 1.82) is 0 Å². The van der Waals surface area contributed by atoms with Crippen LogP contribution in [0.5, 0.6) is 0 Å². The molecule has 0 radical (unpaired) electrons. The molecule has 76 valence electrons. The Morgan fingerprint density at radius 1 is 1.46 bits per heavy atom. The monoisotopic (exact) mass is 188 g/mol. The van der Waals surface area contributed by atoms with E-state index in [1.54, 1.807) is 0 Å². The van der Waals surface area contributed by atoms with E-state index in [0.717, 1.165) is 25.7 Å². The summed E-state index contributed by atoms with van der Waals surface area (Å²) in [6.07, 6.45) is 3.21. The Bertz CT molecular complexity index is 174. The molecule has 0 aromatic heterocycles. The van der Waals surface area contributed by atoms with Crippen molar-refractivity contribution in [3.8, 4) is 0 Å². The number of aliphatic carboxylic acids is 1. The molecule has 0 bridgehead atoms. The topological polar surface area (TPSA) is 37.3 Å². The van der Waals surface area contributed by atoms with Gasteiger partial charge in [0.1, 0.15) is 0 Å². The maximum atomic E-state index is 12.3. The van der Waals surface area contributed by atoms with Gasteiger partial charge in [0.2, 0.25) is 0 Å². The van der Waals surface area contributed by atoms with Crippen molar-refractivity contribution >= 4 is 5.97 Å². The van der Waals surface area contributed by atoms with Gasteiger partial charge in [-0.1, -0.05) is 6.92 Å². The summed E-state index contributed by atoms with van der Waals surface area (Å²) in [5, 5.41) is 8.75. The predicted molar refractivity (Wildman–Crippen MR) is 48.2 cm³/mol. The van der Waals surface area contributed by atoms with Gasteiger partial charge in [0.25, 0.3) is 0 Å². The highest BCUT2D eigenvalue weighted by atomic mass is 19.1. The highest BCUT2D eigenvalue weighted by Crippen LogP contribution is 2.33. The van der Waals surface area contributed by atoms with E-state index >= 15 is 0 Å². The number of rotatable bonds is 3. The van der Waals surface area contributed by atoms with Crippen molar-refractivity contribution in [2.45, 2.75) is 32.6 Å². The molecule has 0 saturated heterocycles. The van der Waals surface area contributed by atoms with Gasteiger partial charge in [0.05, 0.1) is 12.6 Å². The summed E-state index contributed by atoms with van der Waals surface area (Å²) in [5.74, 6) is -0.357. The third-order valence-corrected chi connectivity index (χ3v) is 3.17. The first-order valence-electron chi connectivity index (χ1n) is 4.94. The Morgan fingerprint density at radius 2 is 2.00 bits per heavy atom. The molecular formula is C10H17FO2. The minimum atomic E-state index is -0.689. The first-order chi connectivity index (χ1) is 6.15. The van der Waals surface area contributed by atoms with Gasteiger partial charge in [-0.05, 0) is 37.5 Å². The fourth-order valence-corrected chi connectivity index (χ4v) is 2.06.